The number of hydrogen-bond donors (Lipinski definition) is 2. The standard InChI is InChI=1S/C15H22N2O3.ClH/c1-16-9-8-15(18)17-12-4-6-13(7-5-12)20-11-14-3-2-10-19-14;/h4-7,14,16H,2-3,8-11H2,1H3,(H,17,18);1H. The molecule has 21 heavy (non-hydrogen) atoms. The number of benzene rings is 1. The summed E-state index contributed by atoms with van der Waals surface area (Å²) in [5, 5.41) is 5.79. The van der Waals surface area contributed by atoms with Gasteiger partial charge in [-0.05, 0) is 44.2 Å². The highest BCUT2D eigenvalue weighted by Crippen LogP contribution is 2.18. The van der Waals surface area contributed by atoms with Crippen molar-refractivity contribution in [2.45, 2.75) is 25.4 Å². The topological polar surface area (TPSA) is 59.6 Å². The van der Waals surface area contributed by atoms with Crippen LogP contribution in [0.3, 0.4) is 0 Å². The Hall–Kier alpha value is -1.30. The Kier molecular flexibility index (Phi) is 8.12. The molecule has 1 aromatic rings. The van der Waals surface area contributed by atoms with E-state index in [1.54, 1.807) is 0 Å². The first-order valence-electron chi connectivity index (χ1n) is 7.07. The Morgan fingerprint density at radius 3 is 2.76 bits per heavy atom. The fourth-order valence-electron chi connectivity index (χ4n) is 2.06. The normalized spacial score (nSPS) is 17.1. The van der Waals surface area contributed by atoms with Crippen LogP contribution in [0.15, 0.2) is 24.3 Å². The van der Waals surface area contributed by atoms with Gasteiger partial charge in [0.05, 0.1) is 6.10 Å². The van der Waals surface area contributed by atoms with Crippen molar-refractivity contribution in [2.24, 2.45) is 0 Å². The van der Waals surface area contributed by atoms with Crippen molar-refractivity contribution in [3.63, 3.8) is 0 Å². The highest BCUT2D eigenvalue weighted by molar-refractivity contribution is 5.90. The van der Waals surface area contributed by atoms with E-state index in [2.05, 4.69) is 10.6 Å². The van der Waals surface area contributed by atoms with E-state index in [0.29, 0.717) is 19.6 Å². The Balaban J connectivity index is 0.00000220. The average Bonchev–Trinajstić information content (AvgIpc) is 2.98. The Bertz CT molecular complexity index is 419. The summed E-state index contributed by atoms with van der Waals surface area (Å²) in [6.45, 7) is 2.11. The molecule has 0 spiro atoms. The van der Waals surface area contributed by atoms with Crippen molar-refractivity contribution in [3.8, 4) is 5.75 Å². The predicted molar refractivity (Wildman–Crippen MR) is 85.3 cm³/mol. The summed E-state index contributed by atoms with van der Waals surface area (Å²) < 4.78 is 11.2. The summed E-state index contributed by atoms with van der Waals surface area (Å²) in [7, 11) is 1.83. The summed E-state index contributed by atoms with van der Waals surface area (Å²) >= 11 is 0. The molecule has 0 saturated carbocycles. The van der Waals surface area contributed by atoms with Crippen LogP contribution in [0.1, 0.15) is 19.3 Å². The fraction of sp³-hybridized carbons (Fsp3) is 0.533. The van der Waals surface area contributed by atoms with Crippen LogP contribution in [-0.4, -0.2) is 38.8 Å². The van der Waals surface area contributed by atoms with Gasteiger partial charge in [-0.1, -0.05) is 0 Å². The van der Waals surface area contributed by atoms with Crippen LogP contribution in [0.5, 0.6) is 5.75 Å². The second kappa shape index (κ2) is 9.60. The van der Waals surface area contributed by atoms with Crippen molar-refractivity contribution in [1.29, 1.82) is 0 Å². The smallest absolute Gasteiger partial charge is 0.225 e. The van der Waals surface area contributed by atoms with Gasteiger partial charge < -0.3 is 20.1 Å². The minimum absolute atomic E-state index is 0. The molecule has 2 N–H and O–H groups in total. The molecular formula is C15H23ClN2O3. The monoisotopic (exact) mass is 314 g/mol. The largest absolute Gasteiger partial charge is 0.491 e. The molecule has 1 heterocycles. The van der Waals surface area contributed by atoms with Crippen LogP contribution in [-0.2, 0) is 9.53 Å². The molecule has 0 aliphatic carbocycles. The van der Waals surface area contributed by atoms with E-state index in [0.717, 1.165) is 30.9 Å². The number of amides is 1. The quantitative estimate of drug-likeness (QED) is 0.810. The van der Waals surface area contributed by atoms with Gasteiger partial charge in [0.2, 0.25) is 5.91 Å². The molecule has 1 saturated heterocycles. The van der Waals surface area contributed by atoms with Crippen molar-refractivity contribution in [2.75, 3.05) is 32.1 Å². The zero-order chi connectivity index (χ0) is 14.2. The summed E-state index contributed by atoms with van der Waals surface area (Å²) in [4.78, 5) is 11.6. The molecular weight excluding hydrogens is 292 g/mol. The third-order valence-corrected chi connectivity index (χ3v) is 3.20. The van der Waals surface area contributed by atoms with Gasteiger partial charge >= 0.3 is 0 Å². The van der Waals surface area contributed by atoms with Crippen molar-refractivity contribution >= 4 is 24.0 Å². The SMILES string of the molecule is CNCCC(=O)Nc1ccc(OCC2CCCO2)cc1.Cl. The summed E-state index contributed by atoms with van der Waals surface area (Å²) in [6, 6.07) is 7.43. The molecule has 1 unspecified atom stereocenters. The lowest BCUT2D eigenvalue weighted by Gasteiger charge is -2.12. The van der Waals surface area contributed by atoms with Crippen molar-refractivity contribution < 1.29 is 14.3 Å². The van der Waals surface area contributed by atoms with E-state index in [9.17, 15) is 4.79 Å². The number of halogens is 1. The van der Waals surface area contributed by atoms with Crippen molar-refractivity contribution in [1.82, 2.24) is 5.32 Å². The number of rotatable bonds is 7. The van der Waals surface area contributed by atoms with Gasteiger partial charge in [0.15, 0.2) is 0 Å². The fourth-order valence-corrected chi connectivity index (χ4v) is 2.06. The molecule has 2 rings (SSSR count). The molecule has 6 heteroatoms. The van der Waals surface area contributed by atoms with Crippen LogP contribution < -0.4 is 15.4 Å². The van der Waals surface area contributed by atoms with Crippen molar-refractivity contribution in [3.05, 3.63) is 24.3 Å². The van der Waals surface area contributed by atoms with E-state index >= 15 is 0 Å². The highest BCUT2D eigenvalue weighted by Gasteiger charge is 2.15. The first-order chi connectivity index (χ1) is 9.78. The maximum absolute atomic E-state index is 11.6. The van der Waals surface area contributed by atoms with E-state index < -0.39 is 0 Å². The molecule has 1 atom stereocenters. The second-order valence-electron chi connectivity index (χ2n) is 4.87. The summed E-state index contributed by atoms with van der Waals surface area (Å²) in [5.74, 6) is 0.807. The molecule has 5 nitrogen and oxygen atoms in total. The molecule has 1 aliphatic rings. The lowest BCUT2D eigenvalue weighted by molar-refractivity contribution is -0.116. The Morgan fingerprint density at radius 1 is 1.38 bits per heavy atom. The van der Waals surface area contributed by atoms with Gasteiger partial charge in [0.25, 0.3) is 0 Å². The number of hydrogen-bond acceptors (Lipinski definition) is 4. The van der Waals surface area contributed by atoms with Gasteiger partial charge in [0, 0.05) is 25.3 Å². The number of nitrogens with one attached hydrogen (secondary N) is 2. The zero-order valence-electron chi connectivity index (χ0n) is 12.3. The Labute approximate surface area is 131 Å². The molecule has 0 aromatic heterocycles. The van der Waals surface area contributed by atoms with Crippen LogP contribution in [0.2, 0.25) is 0 Å². The van der Waals surface area contributed by atoms with Crippen LogP contribution in [0.25, 0.3) is 0 Å². The lowest BCUT2D eigenvalue weighted by atomic mass is 10.2. The first kappa shape index (κ1) is 17.8. The number of carbonyl (C=O) groups excluding carboxylic acids is 1. The van der Waals surface area contributed by atoms with E-state index in [4.69, 9.17) is 9.47 Å². The summed E-state index contributed by atoms with van der Waals surface area (Å²) in [5.41, 5.74) is 0.788. The second-order valence-corrected chi connectivity index (χ2v) is 4.87. The first-order valence-corrected chi connectivity index (χ1v) is 7.07. The maximum Gasteiger partial charge on any atom is 0.225 e. The van der Waals surface area contributed by atoms with E-state index in [1.165, 1.54) is 0 Å². The molecule has 0 radical (unpaired) electrons. The van der Waals surface area contributed by atoms with Gasteiger partial charge in [-0.15, -0.1) is 12.4 Å². The number of ether oxygens (including phenoxy) is 2. The highest BCUT2D eigenvalue weighted by atomic mass is 35.5. The molecule has 0 bridgehead atoms. The van der Waals surface area contributed by atoms with Gasteiger partial charge in [-0.3, -0.25) is 4.79 Å². The number of anilines is 1. The molecule has 1 aromatic carbocycles. The van der Waals surface area contributed by atoms with Crippen LogP contribution in [0, 0.1) is 0 Å². The minimum atomic E-state index is 0. The zero-order valence-corrected chi connectivity index (χ0v) is 13.1. The average molecular weight is 315 g/mol. The van der Waals surface area contributed by atoms with Gasteiger partial charge in [-0.25, -0.2) is 0 Å². The predicted octanol–water partition coefficient (Wildman–Crippen LogP) is 2.21. The lowest BCUT2D eigenvalue weighted by Crippen LogP contribution is -2.18. The summed E-state index contributed by atoms with van der Waals surface area (Å²) in [6.07, 6.45) is 2.87. The number of carbonyl (C=O) groups is 1. The van der Waals surface area contributed by atoms with Crippen LogP contribution in [0.4, 0.5) is 5.69 Å². The van der Waals surface area contributed by atoms with Crippen LogP contribution >= 0.6 is 12.4 Å². The minimum Gasteiger partial charge on any atom is -0.491 e. The molecule has 118 valence electrons. The van der Waals surface area contributed by atoms with E-state index in [-0.39, 0.29) is 24.4 Å². The molecule has 1 amide bonds. The Morgan fingerprint density at radius 2 is 2.14 bits per heavy atom. The van der Waals surface area contributed by atoms with Gasteiger partial charge in [0.1, 0.15) is 12.4 Å². The molecule has 1 fully saturated rings. The molecule has 1 aliphatic heterocycles. The van der Waals surface area contributed by atoms with Gasteiger partial charge in [-0.2, -0.15) is 0 Å². The van der Waals surface area contributed by atoms with E-state index in [1.807, 2.05) is 31.3 Å². The third-order valence-electron chi connectivity index (χ3n) is 3.20. The maximum atomic E-state index is 11.6. The third kappa shape index (κ3) is 6.33.